The van der Waals surface area contributed by atoms with Crippen molar-refractivity contribution in [3.8, 4) is 11.8 Å². The van der Waals surface area contributed by atoms with E-state index in [1.807, 2.05) is 43.7 Å². The Bertz CT molecular complexity index is 1600. The van der Waals surface area contributed by atoms with Gasteiger partial charge in [-0.2, -0.15) is 13.7 Å². The summed E-state index contributed by atoms with van der Waals surface area (Å²) in [5, 5.41) is 11.0. The third kappa shape index (κ3) is 8.51. The Hall–Kier alpha value is -4.50. The summed E-state index contributed by atoms with van der Waals surface area (Å²) in [6, 6.07) is 19.4. The van der Waals surface area contributed by atoms with Crippen LogP contribution in [0, 0.1) is 11.3 Å². The molecule has 4 rings (SSSR count). The first kappa shape index (κ1) is 31.4. The van der Waals surface area contributed by atoms with Gasteiger partial charge in [-0.25, -0.2) is 18.6 Å². The van der Waals surface area contributed by atoms with Gasteiger partial charge in [-0.05, 0) is 86.5 Å². The van der Waals surface area contributed by atoms with E-state index in [0.29, 0.717) is 48.5 Å². The zero-order chi connectivity index (χ0) is 31.2. The Kier molecular flexibility index (Phi) is 9.66. The highest BCUT2D eigenvalue weighted by molar-refractivity contribution is 7.91. The number of nitrogens with one attached hydrogen (secondary N) is 1. The van der Waals surface area contributed by atoms with Crippen LogP contribution in [0.2, 0.25) is 0 Å². The van der Waals surface area contributed by atoms with Crippen LogP contribution in [0.15, 0.2) is 60.7 Å². The van der Waals surface area contributed by atoms with E-state index < -0.39 is 21.9 Å². The molecule has 3 aromatic carbocycles. The zero-order valence-electron chi connectivity index (χ0n) is 24.7. The smallest absolute Gasteiger partial charge is 0.422 e. The van der Waals surface area contributed by atoms with Gasteiger partial charge in [0.05, 0.1) is 30.5 Å². The lowest BCUT2D eigenvalue weighted by Crippen LogP contribution is -2.44. The van der Waals surface area contributed by atoms with Crippen LogP contribution in [-0.2, 0) is 26.2 Å². The molecule has 2 amide bonds. The Labute approximate surface area is 252 Å². The van der Waals surface area contributed by atoms with Gasteiger partial charge in [0.25, 0.3) is 0 Å². The van der Waals surface area contributed by atoms with Crippen molar-refractivity contribution in [3.05, 3.63) is 71.8 Å². The molecule has 1 fully saturated rings. The number of nitriles is 1. The van der Waals surface area contributed by atoms with E-state index in [9.17, 15) is 23.3 Å². The van der Waals surface area contributed by atoms with Crippen LogP contribution < -0.4 is 13.8 Å². The van der Waals surface area contributed by atoms with Crippen molar-refractivity contribution in [3.63, 3.8) is 0 Å². The second-order valence-corrected chi connectivity index (χ2v) is 12.7. The second-order valence-electron chi connectivity index (χ2n) is 11.1. The molecule has 43 heavy (non-hydrogen) atoms. The molecule has 0 bridgehead atoms. The van der Waals surface area contributed by atoms with Crippen LogP contribution in [0.1, 0.15) is 51.7 Å². The van der Waals surface area contributed by atoms with E-state index in [4.69, 9.17) is 14.2 Å². The molecule has 0 spiro atoms. The van der Waals surface area contributed by atoms with Crippen molar-refractivity contribution in [2.75, 3.05) is 24.0 Å². The topological polar surface area (TPSA) is 138 Å². The lowest BCUT2D eigenvalue weighted by Gasteiger charge is -2.33. The molecular weight excluding hydrogens is 572 g/mol. The van der Waals surface area contributed by atoms with E-state index in [2.05, 4.69) is 6.07 Å². The lowest BCUT2D eigenvalue weighted by molar-refractivity contribution is 0.0126. The molecule has 0 atom stereocenters. The third-order valence-electron chi connectivity index (χ3n) is 6.66. The van der Waals surface area contributed by atoms with Crippen molar-refractivity contribution >= 4 is 38.9 Å². The largest absolute Gasteiger partial charge is 0.490 e. The number of ether oxygens (including phenoxy) is 3. The number of hydrogen-bond donors (Lipinski definition) is 1. The van der Waals surface area contributed by atoms with Gasteiger partial charge >= 0.3 is 22.4 Å². The number of anilines is 1. The number of benzene rings is 3. The molecule has 12 heteroatoms. The van der Waals surface area contributed by atoms with Crippen molar-refractivity contribution in [2.45, 2.75) is 58.8 Å². The van der Waals surface area contributed by atoms with E-state index in [-0.39, 0.29) is 25.3 Å². The number of carbonyl (C=O) groups is 2. The van der Waals surface area contributed by atoms with Gasteiger partial charge in [0.15, 0.2) is 0 Å². The molecule has 3 aromatic rings. The Morgan fingerprint density at radius 1 is 1.02 bits per heavy atom. The second kappa shape index (κ2) is 13.2. The Morgan fingerprint density at radius 2 is 1.70 bits per heavy atom. The minimum Gasteiger partial charge on any atom is -0.490 e. The summed E-state index contributed by atoms with van der Waals surface area (Å²) in [7, 11) is -4.36. The average Bonchev–Trinajstić information content (AvgIpc) is 2.95. The van der Waals surface area contributed by atoms with E-state index >= 15 is 0 Å². The molecule has 0 saturated carbocycles. The van der Waals surface area contributed by atoms with Gasteiger partial charge in [-0.3, -0.25) is 0 Å². The first-order valence-electron chi connectivity index (χ1n) is 14.0. The van der Waals surface area contributed by atoms with Crippen molar-refractivity contribution in [2.24, 2.45) is 0 Å². The first-order valence-corrected chi connectivity index (χ1v) is 15.5. The fourth-order valence-corrected chi connectivity index (χ4v) is 5.73. The summed E-state index contributed by atoms with van der Waals surface area (Å²) in [5.74, 6) is 0.546. The number of amides is 2. The number of carbonyl (C=O) groups excluding carboxylic acids is 2. The minimum atomic E-state index is -4.36. The van der Waals surface area contributed by atoms with Crippen LogP contribution in [0.25, 0.3) is 10.8 Å². The van der Waals surface area contributed by atoms with Gasteiger partial charge in [0.2, 0.25) is 0 Å². The zero-order valence-corrected chi connectivity index (χ0v) is 25.5. The van der Waals surface area contributed by atoms with Gasteiger partial charge in [-0.15, -0.1) is 0 Å². The average molecular weight is 609 g/mol. The van der Waals surface area contributed by atoms with Gasteiger partial charge in [0.1, 0.15) is 17.5 Å². The van der Waals surface area contributed by atoms with Crippen LogP contribution >= 0.6 is 0 Å². The highest BCUT2D eigenvalue weighted by Crippen LogP contribution is 2.27. The normalized spacial score (nSPS) is 14.1. The van der Waals surface area contributed by atoms with E-state index in [1.54, 1.807) is 54.3 Å². The quantitative estimate of drug-likeness (QED) is 0.354. The molecule has 1 saturated heterocycles. The van der Waals surface area contributed by atoms with Gasteiger partial charge < -0.3 is 19.1 Å². The SMILES string of the molecule is CCOC(=O)NS(=O)(=O)N(Cc1ccc2ccc(C#N)cc2c1)c1ccc(OC2CCN(C(=O)OC(C)(C)C)CC2)cc1. The molecular formula is C31H36N4O7S. The maximum absolute atomic E-state index is 13.4. The number of hydrogen-bond acceptors (Lipinski definition) is 8. The summed E-state index contributed by atoms with van der Waals surface area (Å²) in [6.45, 7) is 8.00. The molecule has 1 heterocycles. The van der Waals surface area contributed by atoms with Crippen LogP contribution in [-0.4, -0.2) is 56.9 Å². The molecule has 0 aliphatic carbocycles. The molecule has 1 aliphatic heterocycles. The minimum absolute atomic E-state index is 0.00991. The third-order valence-corrected chi connectivity index (χ3v) is 8.00. The van der Waals surface area contributed by atoms with Crippen LogP contribution in [0.3, 0.4) is 0 Å². The summed E-state index contributed by atoms with van der Waals surface area (Å²) in [6.07, 6.45) is -0.293. The monoisotopic (exact) mass is 608 g/mol. The number of fused-ring (bicyclic) bond motifs is 1. The molecule has 0 unspecified atom stereocenters. The van der Waals surface area contributed by atoms with Crippen molar-refractivity contribution in [1.82, 2.24) is 9.62 Å². The standard InChI is InChI=1S/C31H36N4O7S/c1-5-40-29(36)33-43(38,39)35(21-23-7-9-24-8-6-22(20-32)18-25(24)19-23)26-10-12-27(13-11-26)41-28-14-16-34(17-15-28)30(37)42-31(2,3)4/h6-13,18-19,28H,5,14-17,21H2,1-4H3,(H,33,36). The molecule has 228 valence electrons. The number of piperidine rings is 1. The molecule has 0 aromatic heterocycles. The van der Waals surface area contributed by atoms with Crippen molar-refractivity contribution in [1.29, 1.82) is 5.26 Å². The number of rotatable bonds is 8. The van der Waals surface area contributed by atoms with Crippen LogP contribution in [0.4, 0.5) is 15.3 Å². The number of nitrogens with zero attached hydrogens (tertiary/aromatic N) is 3. The maximum Gasteiger partial charge on any atom is 0.422 e. The fraction of sp³-hybridized carbons (Fsp3) is 0.387. The predicted octanol–water partition coefficient (Wildman–Crippen LogP) is 5.49. The highest BCUT2D eigenvalue weighted by Gasteiger charge is 2.29. The summed E-state index contributed by atoms with van der Waals surface area (Å²) in [5.41, 5.74) is 0.877. The fourth-order valence-electron chi connectivity index (χ4n) is 4.63. The predicted molar refractivity (Wildman–Crippen MR) is 162 cm³/mol. The van der Waals surface area contributed by atoms with Gasteiger partial charge in [-0.1, -0.05) is 18.2 Å². The Balaban J connectivity index is 1.50. The lowest BCUT2D eigenvalue weighted by atomic mass is 10.0. The maximum atomic E-state index is 13.4. The van der Waals surface area contributed by atoms with E-state index in [0.717, 1.165) is 15.1 Å². The van der Waals surface area contributed by atoms with Crippen LogP contribution in [0.5, 0.6) is 5.75 Å². The van der Waals surface area contributed by atoms with E-state index in [1.165, 1.54) is 0 Å². The summed E-state index contributed by atoms with van der Waals surface area (Å²) < 4.78 is 46.1. The summed E-state index contributed by atoms with van der Waals surface area (Å²) >= 11 is 0. The highest BCUT2D eigenvalue weighted by atomic mass is 32.2. The molecule has 11 nitrogen and oxygen atoms in total. The first-order chi connectivity index (χ1) is 20.4. The molecule has 0 radical (unpaired) electrons. The van der Waals surface area contributed by atoms with Gasteiger partial charge in [0, 0.05) is 25.9 Å². The van der Waals surface area contributed by atoms with Crippen molar-refractivity contribution < 1.29 is 32.2 Å². The number of likely N-dealkylation sites (tertiary alicyclic amines) is 1. The molecule has 1 N–H and O–H groups in total. The Morgan fingerprint density at radius 3 is 2.33 bits per heavy atom. The molecule has 1 aliphatic rings. The summed E-state index contributed by atoms with van der Waals surface area (Å²) in [4.78, 5) is 26.1.